The second kappa shape index (κ2) is 35.6. The van der Waals surface area contributed by atoms with Gasteiger partial charge in [-0.25, -0.2) is 0 Å². The van der Waals surface area contributed by atoms with Crippen molar-refractivity contribution in [3.8, 4) is 0 Å². The van der Waals surface area contributed by atoms with Gasteiger partial charge < -0.3 is 25.7 Å². The highest BCUT2D eigenvalue weighted by Crippen LogP contribution is 2.17. The number of rotatable bonds is 37. The lowest BCUT2D eigenvalue weighted by atomic mass is 9.99. The van der Waals surface area contributed by atoms with Gasteiger partial charge in [0.15, 0.2) is 0 Å². The van der Waals surface area contributed by atoms with Crippen LogP contribution in [0.4, 0.5) is 0 Å². The molecule has 0 bridgehead atoms. The minimum Gasteiger partial charge on any atom is -0.394 e. The average molecular weight is 656 g/mol. The van der Waals surface area contributed by atoms with E-state index in [-0.39, 0.29) is 0 Å². The van der Waals surface area contributed by atoms with Crippen molar-refractivity contribution < 1.29 is 25.2 Å². The quantitative estimate of drug-likeness (QED) is 0.0428. The maximum Gasteiger partial charge on any atom is 0.249 e. The van der Waals surface area contributed by atoms with Crippen molar-refractivity contribution in [2.24, 2.45) is 0 Å². The molecule has 0 aliphatic rings. The molecule has 0 heterocycles. The van der Waals surface area contributed by atoms with Gasteiger partial charge in [0.05, 0.1) is 18.8 Å². The zero-order valence-electron chi connectivity index (χ0n) is 30.8. The van der Waals surface area contributed by atoms with Crippen molar-refractivity contribution in [3.05, 3.63) is 0 Å². The molecule has 6 heteroatoms. The van der Waals surface area contributed by atoms with Gasteiger partial charge in [0.1, 0.15) is 12.2 Å². The van der Waals surface area contributed by atoms with Crippen LogP contribution in [-0.2, 0) is 4.79 Å². The molecule has 46 heavy (non-hydrogen) atoms. The number of unbranched alkanes of at least 4 members (excludes halogenated alkanes) is 28. The van der Waals surface area contributed by atoms with Gasteiger partial charge in [-0.1, -0.05) is 206 Å². The summed E-state index contributed by atoms with van der Waals surface area (Å²) in [5.74, 6) is -0.581. The van der Waals surface area contributed by atoms with Crippen LogP contribution in [0.5, 0.6) is 0 Å². The zero-order chi connectivity index (χ0) is 33.9. The average Bonchev–Trinajstić information content (AvgIpc) is 3.06. The molecule has 276 valence electrons. The summed E-state index contributed by atoms with van der Waals surface area (Å²) < 4.78 is 0. The second-order valence-corrected chi connectivity index (χ2v) is 14.3. The number of carbonyl (C=O) groups excluding carboxylic acids is 1. The number of carbonyl (C=O) groups is 1. The summed E-state index contributed by atoms with van der Waals surface area (Å²) in [7, 11) is 0. The Hall–Kier alpha value is -0.690. The number of hydrogen-bond acceptors (Lipinski definition) is 5. The van der Waals surface area contributed by atoms with Gasteiger partial charge in [-0.15, -0.1) is 0 Å². The molecule has 0 rings (SSSR count). The fourth-order valence-electron chi connectivity index (χ4n) is 6.52. The van der Waals surface area contributed by atoms with Crippen molar-refractivity contribution in [3.63, 3.8) is 0 Å². The summed E-state index contributed by atoms with van der Waals surface area (Å²) in [6.07, 6.45) is 35.6. The first-order chi connectivity index (χ1) is 22.5. The number of nitrogens with one attached hydrogen (secondary N) is 1. The Morgan fingerprint density at radius 1 is 0.457 bits per heavy atom. The number of aliphatic hydroxyl groups is 4. The van der Waals surface area contributed by atoms with E-state index in [2.05, 4.69) is 19.2 Å². The van der Waals surface area contributed by atoms with Crippen LogP contribution in [0.2, 0.25) is 0 Å². The van der Waals surface area contributed by atoms with Crippen LogP contribution in [0.15, 0.2) is 0 Å². The maximum atomic E-state index is 12.4. The first-order valence-electron chi connectivity index (χ1n) is 20.4. The van der Waals surface area contributed by atoms with Gasteiger partial charge in [0.25, 0.3) is 0 Å². The minimum atomic E-state index is -1.25. The third-order valence-corrected chi connectivity index (χ3v) is 9.82. The molecular formula is C40H81NO5. The fraction of sp³-hybridized carbons (Fsp3) is 0.975. The van der Waals surface area contributed by atoms with Crippen LogP contribution in [0.3, 0.4) is 0 Å². The van der Waals surface area contributed by atoms with Gasteiger partial charge in [-0.05, 0) is 12.8 Å². The predicted molar refractivity (Wildman–Crippen MR) is 196 cm³/mol. The molecule has 0 radical (unpaired) electrons. The number of aliphatic hydroxyl groups excluding tert-OH is 4. The van der Waals surface area contributed by atoms with Crippen LogP contribution in [0, 0.1) is 0 Å². The minimum absolute atomic E-state index is 0.375. The molecule has 0 aromatic heterocycles. The molecule has 0 fully saturated rings. The molecule has 0 unspecified atom stereocenters. The number of amides is 1. The SMILES string of the molecule is CCCCCCCCCCCCCCCCCCCCCC[C@@H](O)C(=O)N[C@@H](CO)[C@H](O)[C@H](O)CCCCCCCCCCCC. The van der Waals surface area contributed by atoms with E-state index >= 15 is 0 Å². The molecule has 0 spiro atoms. The van der Waals surface area contributed by atoms with Gasteiger partial charge in [-0.2, -0.15) is 0 Å². The maximum absolute atomic E-state index is 12.4. The second-order valence-electron chi connectivity index (χ2n) is 14.3. The molecule has 0 aromatic carbocycles. The largest absolute Gasteiger partial charge is 0.394 e. The Kier molecular flexibility index (Phi) is 35.1. The summed E-state index contributed by atoms with van der Waals surface area (Å²) in [5.41, 5.74) is 0. The van der Waals surface area contributed by atoms with E-state index in [1.165, 1.54) is 154 Å². The Bertz CT molecular complexity index is 618. The monoisotopic (exact) mass is 656 g/mol. The van der Waals surface area contributed by atoms with Gasteiger partial charge in [0.2, 0.25) is 5.91 Å². The molecule has 6 nitrogen and oxygen atoms in total. The lowest BCUT2D eigenvalue weighted by molar-refractivity contribution is -0.132. The molecule has 0 aliphatic carbocycles. The Balaban J connectivity index is 3.68. The highest BCUT2D eigenvalue weighted by atomic mass is 16.3. The van der Waals surface area contributed by atoms with Crippen LogP contribution < -0.4 is 5.32 Å². The smallest absolute Gasteiger partial charge is 0.249 e. The van der Waals surface area contributed by atoms with E-state index in [9.17, 15) is 25.2 Å². The van der Waals surface area contributed by atoms with E-state index in [1.807, 2.05) is 0 Å². The van der Waals surface area contributed by atoms with E-state index in [0.717, 1.165) is 38.5 Å². The van der Waals surface area contributed by atoms with E-state index < -0.39 is 36.9 Å². The normalized spacial score (nSPS) is 14.3. The molecule has 1 amide bonds. The van der Waals surface area contributed by atoms with Crippen LogP contribution >= 0.6 is 0 Å². The Morgan fingerprint density at radius 3 is 1.04 bits per heavy atom. The summed E-state index contributed by atoms with van der Waals surface area (Å²) in [6, 6.07) is -0.977. The Morgan fingerprint density at radius 2 is 0.739 bits per heavy atom. The van der Waals surface area contributed by atoms with Gasteiger partial charge >= 0.3 is 0 Å². The summed E-state index contributed by atoms with van der Waals surface area (Å²) in [6.45, 7) is 4.03. The van der Waals surface area contributed by atoms with E-state index in [4.69, 9.17) is 0 Å². The lowest BCUT2D eigenvalue weighted by Crippen LogP contribution is -2.53. The van der Waals surface area contributed by atoms with Crippen molar-refractivity contribution in [1.29, 1.82) is 0 Å². The summed E-state index contributed by atoms with van der Waals surface area (Å²) >= 11 is 0. The van der Waals surface area contributed by atoms with Crippen LogP contribution in [0.1, 0.15) is 219 Å². The first kappa shape index (κ1) is 45.3. The zero-order valence-corrected chi connectivity index (χ0v) is 30.8. The molecule has 0 saturated heterocycles. The molecule has 5 N–H and O–H groups in total. The van der Waals surface area contributed by atoms with Crippen LogP contribution in [0.25, 0.3) is 0 Å². The summed E-state index contributed by atoms with van der Waals surface area (Å²) in [5, 5.41) is 43.5. The molecule has 0 aromatic rings. The fourth-order valence-corrected chi connectivity index (χ4v) is 6.52. The van der Waals surface area contributed by atoms with Gasteiger partial charge in [0, 0.05) is 0 Å². The van der Waals surface area contributed by atoms with E-state index in [1.54, 1.807) is 0 Å². The third-order valence-electron chi connectivity index (χ3n) is 9.82. The van der Waals surface area contributed by atoms with Crippen LogP contribution in [-0.4, -0.2) is 57.3 Å². The summed E-state index contributed by atoms with van der Waals surface area (Å²) in [4.78, 5) is 12.4. The highest BCUT2D eigenvalue weighted by Gasteiger charge is 2.28. The third kappa shape index (κ3) is 29.4. The predicted octanol–water partition coefficient (Wildman–Crippen LogP) is 10.1. The van der Waals surface area contributed by atoms with Crippen molar-refractivity contribution >= 4 is 5.91 Å². The highest BCUT2D eigenvalue weighted by molar-refractivity contribution is 5.80. The van der Waals surface area contributed by atoms with Crippen molar-refractivity contribution in [2.75, 3.05) is 6.61 Å². The van der Waals surface area contributed by atoms with Gasteiger partial charge in [-0.3, -0.25) is 4.79 Å². The number of hydrogen-bond donors (Lipinski definition) is 5. The lowest BCUT2D eigenvalue weighted by Gasteiger charge is -2.27. The molecular weight excluding hydrogens is 574 g/mol. The van der Waals surface area contributed by atoms with Crippen molar-refractivity contribution in [2.45, 2.75) is 244 Å². The molecule has 0 aliphatic heterocycles. The first-order valence-corrected chi connectivity index (χ1v) is 20.4. The topological polar surface area (TPSA) is 110 Å². The van der Waals surface area contributed by atoms with Crippen molar-refractivity contribution in [1.82, 2.24) is 5.32 Å². The molecule has 4 atom stereocenters. The van der Waals surface area contributed by atoms with E-state index in [0.29, 0.717) is 12.8 Å². The Labute approximate surface area is 286 Å². The molecule has 0 saturated carbocycles. The standard InChI is InChI=1S/C40H81NO5/c1-3-5-7-9-11-13-15-16-17-18-19-20-21-22-23-24-26-28-30-32-34-38(44)40(46)41-36(35-42)39(45)37(43)33-31-29-27-25-14-12-10-8-6-4-2/h36-39,42-45H,3-35H2,1-2H3,(H,41,46)/t36-,37+,38+,39-/m0/s1.